The second-order valence-electron chi connectivity index (χ2n) is 8.51. The number of fused-ring (bicyclic) bond motifs is 3. The smallest absolute Gasteiger partial charge is 0.407 e. The summed E-state index contributed by atoms with van der Waals surface area (Å²) in [6.45, 7) is 5.94. The van der Waals surface area contributed by atoms with Gasteiger partial charge < -0.3 is 19.8 Å². The van der Waals surface area contributed by atoms with Gasteiger partial charge in [-0.1, -0.05) is 15.9 Å². The van der Waals surface area contributed by atoms with E-state index in [1.165, 1.54) is 6.42 Å². The Morgan fingerprint density at radius 3 is 2.83 bits per heavy atom. The first kappa shape index (κ1) is 19.9. The lowest BCUT2D eigenvalue weighted by atomic mass is 9.92. The minimum absolute atomic E-state index is 0.380. The van der Waals surface area contributed by atoms with Crippen molar-refractivity contribution in [2.75, 3.05) is 6.54 Å². The lowest BCUT2D eigenvalue weighted by Crippen LogP contribution is -2.34. The van der Waals surface area contributed by atoms with Gasteiger partial charge in [0.1, 0.15) is 11.4 Å². The van der Waals surface area contributed by atoms with Crippen molar-refractivity contribution in [3.8, 4) is 0 Å². The van der Waals surface area contributed by atoms with Crippen LogP contribution in [-0.2, 0) is 11.2 Å². The highest BCUT2D eigenvalue weighted by Crippen LogP contribution is 2.37. The number of alkyl carbamates (subject to hydrolysis) is 1. The van der Waals surface area contributed by atoms with Crippen LogP contribution in [0.5, 0.6) is 0 Å². The standard InChI is InChI=1S/C21H25BrN4O3/c1-21(2,3)29-20(27)23-10-9-18-24-16-12-25(28)17-11-13(22)7-8-15(17)19(16)26(18)14-5-4-6-14/h7-8,11-12,14H,4-6,9-10H2,1-3H3,(H,23,27). The van der Waals surface area contributed by atoms with Gasteiger partial charge in [0.05, 0.1) is 10.9 Å². The third-order valence-corrected chi connectivity index (χ3v) is 5.65. The van der Waals surface area contributed by atoms with Gasteiger partial charge in [-0.3, -0.25) is 0 Å². The van der Waals surface area contributed by atoms with E-state index in [-0.39, 0.29) is 0 Å². The highest BCUT2D eigenvalue weighted by atomic mass is 79.9. The molecule has 7 nitrogen and oxygen atoms in total. The zero-order chi connectivity index (χ0) is 20.8. The predicted octanol–water partition coefficient (Wildman–Crippen LogP) is 4.38. The van der Waals surface area contributed by atoms with Crippen molar-refractivity contribution in [1.29, 1.82) is 0 Å². The van der Waals surface area contributed by atoms with Gasteiger partial charge in [-0.2, -0.15) is 4.73 Å². The van der Waals surface area contributed by atoms with Gasteiger partial charge in [-0.05, 0) is 52.2 Å². The van der Waals surface area contributed by atoms with Gasteiger partial charge in [0, 0.05) is 29.5 Å². The van der Waals surface area contributed by atoms with E-state index in [9.17, 15) is 10.0 Å². The van der Waals surface area contributed by atoms with Gasteiger partial charge in [-0.15, -0.1) is 0 Å². The zero-order valence-corrected chi connectivity index (χ0v) is 18.5. The fourth-order valence-electron chi connectivity index (χ4n) is 3.73. The normalized spacial score (nSPS) is 14.9. The summed E-state index contributed by atoms with van der Waals surface area (Å²) in [5, 5.41) is 16.2. The number of pyridine rings is 1. The van der Waals surface area contributed by atoms with Gasteiger partial charge >= 0.3 is 6.09 Å². The van der Waals surface area contributed by atoms with Crippen LogP contribution in [0.2, 0.25) is 0 Å². The summed E-state index contributed by atoms with van der Waals surface area (Å²) in [4.78, 5) is 16.7. The molecule has 29 heavy (non-hydrogen) atoms. The van der Waals surface area contributed by atoms with Crippen LogP contribution in [0, 0.1) is 5.21 Å². The molecule has 0 bridgehead atoms. The van der Waals surface area contributed by atoms with Crippen LogP contribution >= 0.6 is 15.9 Å². The Labute approximate surface area is 177 Å². The van der Waals surface area contributed by atoms with E-state index in [0.29, 0.717) is 30.0 Å². The number of imidazole rings is 1. The Balaban J connectivity index is 1.69. The van der Waals surface area contributed by atoms with E-state index in [1.807, 2.05) is 39.0 Å². The van der Waals surface area contributed by atoms with Crippen molar-refractivity contribution in [3.05, 3.63) is 39.9 Å². The van der Waals surface area contributed by atoms with Crippen LogP contribution in [0.15, 0.2) is 28.9 Å². The van der Waals surface area contributed by atoms with E-state index in [0.717, 1.165) is 38.8 Å². The summed E-state index contributed by atoms with van der Waals surface area (Å²) in [5.41, 5.74) is 1.77. The number of benzene rings is 1. The average Bonchev–Trinajstić information content (AvgIpc) is 2.90. The summed E-state index contributed by atoms with van der Waals surface area (Å²) < 4.78 is 9.32. The quantitative estimate of drug-likeness (QED) is 0.462. The van der Waals surface area contributed by atoms with Crippen LogP contribution in [0.3, 0.4) is 0 Å². The van der Waals surface area contributed by atoms with E-state index in [1.54, 1.807) is 6.20 Å². The second-order valence-corrected chi connectivity index (χ2v) is 9.43. The number of nitrogens with one attached hydrogen (secondary N) is 1. The molecule has 0 saturated heterocycles. The van der Waals surface area contributed by atoms with Crippen molar-refractivity contribution in [1.82, 2.24) is 14.9 Å². The van der Waals surface area contributed by atoms with Crippen molar-refractivity contribution in [2.24, 2.45) is 0 Å². The van der Waals surface area contributed by atoms with Crippen molar-refractivity contribution < 1.29 is 14.3 Å². The number of halogens is 1. The Bertz CT molecular complexity index is 1080. The Hall–Kier alpha value is -2.35. The number of nitrogens with zero attached hydrogens (tertiary/aromatic N) is 3. The highest BCUT2D eigenvalue weighted by Gasteiger charge is 2.27. The van der Waals surface area contributed by atoms with Gasteiger partial charge in [0.15, 0.2) is 5.52 Å². The Kier molecular flexibility index (Phi) is 5.14. The number of ether oxygens (including phenoxy) is 1. The number of hydrogen-bond acceptors (Lipinski definition) is 4. The Morgan fingerprint density at radius 1 is 1.41 bits per heavy atom. The topological polar surface area (TPSA) is 83.1 Å². The van der Waals surface area contributed by atoms with E-state index < -0.39 is 11.7 Å². The molecule has 0 spiro atoms. The first-order valence-corrected chi connectivity index (χ1v) is 10.7. The molecule has 1 amide bonds. The molecule has 1 aliphatic carbocycles. The molecule has 1 aromatic carbocycles. The van der Waals surface area contributed by atoms with Gasteiger partial charge in [0.2, 0.25) is 11.7 Å². The van der Waals surface area contributed by atoms with Crippen molar-refractivity contribution >= 4 is 44.0 Å². The first-order chi connectivity index (χ1) is 13.7. The molecule has 4 rings (SSSR count). The van der Waals surface area contributed by atoms with Gasteiger partial charge in [-0.25, -0.2) is 9.78 Å². The zero-order valence-electron chi connectivity index (χ0n) is 16.9. The molecule has 1 N–H and O–H groups in total. The SMILES string of the molecule is CC(C)(C)OC(=O)NCCc1nc2c[n+]([O-])c3cc(Br)ccc3c2n1C1CCC1. The summed E-state index contributed by atoms with van der Waals surface area (Å²) in [6.07, 6.45) is 5.07. The Morgan fingerprint density at radius 2 is 2.17 bits per heavy atom. The lowest BCUT2D eigenvalue weighted by molar-refractivity contribution is -0.575. The number of amides is 1. The molecular weight excluding hydrogens is 436 g/mol. The summed E-state index contributed by atoms with van der Waals surface area (Å²) >= 11 is 3.45. The molecule has 0 radical (unpaired) electrons. The molecule has 1 saturated carbocycles. The maximum Gasteiger partial charge on any atom is 0.407 e. The van der Waals surface area contributed by atoms with Crippen molar-refractivity contribution in [3.63, 3.8) is 0 Å². The molecule has 1 fully saturated rings. The number of rotatable bonds is 4. The molecule has 8 heteroatoms. The summed E-state index contributed by atoms with van der Waals surface area (Å²) in [6, 6.07) is 6.13. The van der Waals surface area contributed by atoms with Gasteiger partial charge in [0.25, 0.3) is 0 Å². The third kappa shape index (κ3) is 4.03. The highest BCUT2D eigenvalue weighted by molar-refractivity contribution is 9.10. The largest absolute Gasteiger partial charge is 0.618 e. The molecule has 2 aromatic heterocycles. The first-order valence-electron chi connectivity index (χ1n) is 9.92. The summed E-state index contributed by atoms with van der Waals surface area (Å²) in [5.74, 6) is 0.885. The lowest BCUT2D eigenvalue weighted by Gasteiger charge is -2.29. The average molecular weight is 461 g/mol. The fourth-order valence-corrected chi connectivity index (χ4v) is 4.08. The van der Waals surface area contributed by atoms with E-state index in [2.05, 4.69) is 25.8 Å². The molecule has 1 aliphatic rings. The van der Waals surface area contributed by atoms with E-state index in [4.69, 9.17) is 9.72 Å². The van der Waals surface area contributed by atoms with Crippen LogP contribution in [0.25, 0.3) is 21.9 Å². The third-order valence-electron chi connectivity index (χ3n) is 5.16. The predicted molar refractivity (Wildman–Crippen MR) is 115 cm³/mol. The maximum absolute atomic E-state index is 12.5. The number of carbonyl (C=O) groups excluding carboxylic acids is 1. The molecule has 154 valence electrons. The van der Waals surface area contributed by atoms with Crippen LogP contribution in [-0.4, -0.2) is 27.8 Å². The monoisotopic (exact) mass is 460 g/mol. The minimum Gasteiger partial charge on any atom is -0.618 e. The molecule has 0 atom stereocenters. The second kappa shape index (κ2) is 7.48. The number of aromatic nitrogens is 3. The molecular formula is C21H25BrN4O3. The van der Waals surface area contributed by atoms with E-state index >= 15 is 0 Å². The summed E-state index contributed by atoms with van der Waals surface area (Å²) in [7, 11) is 0. The number of carbonyl (C=O) groups is 1. The number of hydrogen-bond donors (Lipinski definition) is 1. The molecule has 0 unspecified atom stereocenters. The molecule has 3 aromatic rings. The minimum atomic E-state index is -0.530. The van der Waals surface area contributed by atoms with Crippen LogP contribution < -0.4 is 10.0 Å². The maximum atomic E-state index is 12.5. The molecule has 2 heterocycles. The van der Waals surface area contributed by atoms with Crippen LogP contribution in [0.4, 0.5) is 4.79 Å². The van der Waals surface area contributed by atoms with Crippen molar-refractivity contribution in [2.45, 2.75) is 58.1 Å². The van der Waals surface area contributed by atoms with Crippen LogP contribution in [0.1, 0.15) is 51.9 Å². The molecule has 0 aliphatic heterocycles. The fraction of sp³-hybridized carbons (Fsp3) is 0.476.